The van der Waals surface area contributed by atoms with Crippen LogP contribution >= 0.6 is 0 Å². The Bertz CT molecular complexity index is 1470. The van der Waals surface area contributed by atoms with Crippen LogP contribution in [-0.2, 0) is 13.0 Å². The maximum absolute atomic E-state index is 4.99. The number of rotatable bonds is 6. The summed E-state index contributed by atoms with van der Waals surface area (Å²) in [6.45, 7) is 15.7. The molecule has 0 radical (unpaired) electrons. The number of nitrogens with zero attached hydrogens (tertiary/aromatic N) is 9. The fraction of sp³-hybridized carbons (Fsp3) is 0.500. The highest BCUT2D eigenvalue weighted by Crippen LogP contribution is 2.29. The Kier molecular flexibility index (Phi) is 7.03. The average molecular weight is 526 g/mol. The number of anilines is 1. The summed E-state index contributed by atoms with van der Waals surface area (Å²) < 4.78 is 1.89. The predicted octanol–water partition coefficient (Wildman–Crippen LogP) is 3.63. The molecule has 4 aromatic rings. The van der Waals surface area contributed by atoms with E-state index in [-0.39, 0.29) is 0 Å². The van der Waals surface area contributed by atoms with Crippen molar-refractivity contribution in [3.63, 3.8) is 0 Å². The normalized spacial score (nSPS) is 18.9. The van der Waals surface area contributed by atoms with E-state index in [0.717, 1.165) is 98.6 Å². The van der Waals surface area contributed by atoms with Gasteiger partial charge in [-0.15, -0.1) is 0 Å². The maximum Gasteiger partial charge on any atom is 0.252 e. The first-order valence-electron chi connectivity index (χ1n) is 14.1. The number of hydrogen-bond donors (Lipinski definition) is 0. The zero-order valence-electron chi connectivity index (χ0n) is 23.9. The van der Waals surface area contributed by atoms with E-state index in [1.54, 1.807) is 0 Å². The van der Waals surface area contributed by atoms with Crippen LogP contribution in [0.1, 0.15) is 40.5 Å². The molecule has 0 bridgehead atoms. The number of hydrogen-bond acceptors (Lipinski definition) is 8. The van der Waals surface area contributed by atoms with Crippen LogP contribution in [0, 0.1) is 33.6 Å². The smallest absolute Gasteiger partial charge is 0.252 e. The van der Waals surface area contributed by atoms with Crippen molar-refractivity contribution >= 4 is 11.6 Å². The van der Waals surface area contributed by atoms with Crippen molar-refractivity contribution in [2.75, 3.05) is 51.2 Å². The first-order chi connectivity index (χ1) is 18.8. The molecular formula is C30H39N9. The zero-order chi connectivity index (χ0) is 27.1. The summed E-state index contributed by atoms with van der Waals surface area (Å²) >= 11 is 0. The number of likely N-dealkylation sites (N-methyl/N-ethyl adjacent to an activating group) is 1. The predicted molar refractivity (Wildman–Crippen MR) is 154 cm³/mol. The summed E-state index contributed by atoms with van der Waals surface area (Å²) in [5.74, 6) is 2.96. The molecular weight excluding hydrogens is 486 g/mol. The molecule has 5 heterocycles. The van der Waals surface area contributed by atoms with Crippen LogP contribution in [0.25, 0.3) is 17.0 Å². The largest absolute Gasteiger partial charge is 0.355 e. The summed E-state index contributed by atoms with van der Waals surface area (Å²) in [5, 5.41) is 4.54. The first kappa shape index (κ1) is 25.8. The van der Waals surface area contributed by atoms with Gasteiger partial charge >= 0.3 is 0 Å². The second kappa shape index (κ2) is 10.6. The van der Waals surface area contributed by atoms with Gasteiger partial charge in [-0.1, -0.05) is 24.3 Å². The van der Waals surface area contributed by atoms with Gasteiger partial charge in [-0.25, -0.2) is 14.5 Å². The fourth-order valence-corrected chi connectivity index (χ4v) is 6.04. The molecule has 0 aliphatic carbocycles. The highest BCUT2D eigenvalue weighted by atomic mass is 15.3. The third kappa shape index (κ3) is 5.38. The highest BCUT2D eigenvalue weighted by molar-refractivity contribution is 5.63. The van der Waals surface area contributed by atoms with Crippen molar-refractivity contribution in [3.05, 3.63) is 64.5 Å². The van der Waals surface area contributed by atoms with E-state index < -0.39 is 0 Å². The van der Waals surface area contributed by atoms with E-state index in [1.807, 2.05) is 17.6 Å². The van der Waals surface area contributed by atoms with Crippen molar-refractivity contribution in [3.8, 4) is 11.3 Å². The minimum absolute atomic E-state index is 0.542. The van der Waals surface area contributed by atoms with Gasteiger partial charge in [-0.2, -0.15) is 10.1 Å². The van der Waals surface area contributed by atoms with Gasteiger partial charge in [0.2, 0.25) is 0 Å². The van der Waals surface area contributed by atoms with Crippen LogP contribution in [0.5, 0.6) is 0 Å². The molecule has 6 rings (SSSR count). The van der Waals surface area contributed by atoms with Crippen LogP contribution in [-0.4, -0.2) is 85.7 Å². The molecule has 9 nitrogen and oxygen atoms in total. The Hall–Kier alpha value is -3.43. The third-order valence-electron chi connectivity index (χ3n) is 8.42. The molecule has 1 aromatic carbocycles. The van der Waals surface area contributed by atoms with Crippen LogP contribution in [0.15, 0.2) is 30.5 Å². The SMILES string of the molecule is Cc1nc2nc(C)c(C[C@@H]3CCN(c4cnc(-c5ccc(CN6CCN(C)CC6)cc5)c(C)n4)C3)c(C)n2n1. The summed E-state index contributed by atoms with van der Waals surface area (Å²) in [6, 6.07) is 8.87. The topological polar surface area (TPSA) is 78.6 Å². The lowest BCUT2D eigenvalue weighted by atomic mass is 9.96. The molecule has 0 saturated carbocycles. The van der Waals surface area contributed by atoms with E-state index in [4.69, 9.17) is 15.0 Å². The highest BCUT2D eigenvalue weighted by Gasteiger charge is 2.26. The maximum atomic E-state index is 4.99. The van der Waals surface area contributed by atoms with Crippen LogP contribution < -0.4 is 4.90 Å². The molecule has 0 unspecified atom stereocenters. The van der Waals surface area contributed by atoms with Gasteiger partial charge in [0.25, 0.3) is 5.78 Å². The molecule has 0 spiro atoms. The average Bonchev–Trinajstić information content (AvgIpc) is 3.55. The number of piperazine rings is 1. The Morgan fingerprint density at radius 3 is 2.38 bits per heavy atom. The molecule has 0 N–H and O–H groups in total. The van der Waals surface area contributed by atoms with E-state index in [2.05, 4.69) is 76.9 Å². The number of benzene rings is 1. The zero-order valence-corrected chi connectivity index (χ0v) is 23.9. The van der Waals surface area contributed by atoms with Crippen molar-refractivity contribution in [2.24, 2.45) is 5.92 Å². The second-order valence-corrected chi connectivity index (χ2v) is 11.4. The Morgan fingerprint density at radius 1 is 0.872 bits per heavy atom. The van der Waals surface area contributed by atoms with E-state index in [1.165, 1.54) is 11.1 Å². The monoisotopic (exact) mass is 525 g/mol. The lowest BCUT2D eigenvalue weighted by Gasteiger charge is -2.32. The van der Waals surface area contributed by atoms with Gasteiger partial charge in [0.15, 0.2) is 0 Å². The number of aromatic nitrogens is 6. The van der Waals surface area contributed by atoms with E-state index in [0.29, 0.717) is 11.7 Å². The third-order valence-corrected chi connectivity index (χ3v) is 8.42. The van der Waals surface area contributed by atoms with Crippen molar-refractivity contribution in [1.29, 1.82) is 0 Å². The standard InChI is InChI=1S/C30H39N9/c1-20-27(22(3)39-30(33-20)34-23(4)35-39)16-25-10-11-38(19-25)28-17-31-29(21(2)32-28)26-8-6-24(7-9-26)18-37-14-12-36(5)13-15-37/h6-9,17,25H,10-16,18-19H2,1-5H3/t25-/m0/s1. The fourth-order valence-electron chi connectivity index (χ4n) is 6.04. The Balaban J connectivity index is 1.11. The van der Waals surface area contributed by atoms with Crippen molar-refractivity contribution in [1.82, 2.24) is 39.3 Å². The van der Waals surface area contributed by atoms with E-state index >= 15 is 0 Å². The lowest BCUT2D eigenvalue weighted by Crippen LogP contribution is -2.43. The van der Waals surface area contributed by atoms with Gasteiger partial charge in [0, 0.05) is 62.8 Å². The number of fused-ring (bicyclic) bond motifs is 1. The minimum atomic E-state index is 0.542. The second-order valence-electron chi connectivity index (χ2n) is 11.4. The van der Waals surface area contributed by atoms with Gasteiger partial charge in [0.05, 0.1) is 17.6 Å². The summed E-state index contributed by atoms with van der Waals surface area (Å²) in [5.41, 5.74) is 7.91. The van der Waals surface area contributed by atoms with Crippen LogP contribution in [0.2, 0.25) is 0 Å². The molecule has 39 heavy (non-hydrogen) atoms. The van der Waals surface area contributed by atoms with Gasteiger partial charge < -0.3 is 9.80 Å². The lowest BCUT2D eigenvalue weighted by molar-refractivity contribution is 0.148. The van der Waals surface area contributed by atoms with Crippen LogP contribution in [0.3, 0.4) is 0 Å². The summed E-state index contributed by atoms with van der Waals surface area (Å²) in [7, 11) is 2.20. The molecule has 9 heteroatoms. The van der Waals surface area contributed by atoms with Crippen molar-refractivity contribution in [2.45, 2.75) is 47.1 Å². The molecule has 0 amide bonds. The molecule has 2 fully saturated rings. The quantitative estimate of drug-likeness (QED) is 0.378. The first-order valence-corrected chi connectivity index (χ1v) is 14.1. The van der Waals surface area contributed by atoms with E-state index in [9.17, 15) is 0 Å². The molecule has 204 valence electrons. The van der Waals surface area contributed by atoms with Crippen LogP contribution in [0.4, 0.5) is 5.82 Å². The van der Waals surface area contributed by atoms with Gasteiger partial charge in [-0.3, -0.25) is 9.88 Å². The summed E-state index contributed by atoms with van der Waals surface area (Å²) in [4.78, 5) is 26.3. The molecule has 3 aromatic heterocycles. The molecule has 2 aliphatic heterocycles. The molecule has 2 aliphatic rings. The Labute approximate surface area is 230 Å². The molecule has 2 saturated heterocycles. The van der Waals surface area contributed by atoms with Gasteiger partial charge in [0.1, 0.15) is 11.6 Å². The van der Waals surface area contributed by atoms with Crippen molar-refractivity contribution < 1.29 is 0 Å². The minimum Gasteiger partial charge on any atom is -0.355 e. The van der Waals surface area contributed by atoms with Gasteiger partial charge in [-0.05, 0) is 64.6 Å². The molecule has 1 atom stereocenters. The Morgan fingerprint density at radius 2 is 1.64 bits per heavy atom. The number of aryl methyl sites for hydroxylation is 4. The summed E-state index contributed by atoms with van der Waals surface area (Å²) in [6.07, 6.45) is 4.07.